The first-order valence-electron chi connectivity index (χ1n) is 7.97. The summed E-state index contributed by atoms with van der Waals surface area (Å²) in [7, 11) is 3.71. The molecule has 0 fully saturated rings. The van der Waals surface area contributed by atoms with Gasteiger partial charge in [-0.1, -0.05) is 54.2 Å². The lowest BCUT2D eigenvalue weighted by molar-refractivity contribution is -0.115. The molecule has 0 aliphatic heterocycles. The summed E-state index contributed by atoms with van der Waals surface area (Å²) in [6, 6.07) is 17.7. The van der Waals surface area contributed by atoms with Gasteiger partial charge in [-0.2, -0.15) is 0 Å². The van der Waals surface area contributed by atoms with Crippen LogP contribution in [0.2, 0.25) is 0 Å². The highest BCUT2D eigenvalue weighted by atomic mass is 32.2. The van der Waals surface area contributed by atoms with Crippen molar-refractivity contribution in [3.05, 3.63) is 60.2 Å². The first-order chi connectivity index (χ1) is 12.1. The zero-order valence-electron chi connectivity index (χ0n) is 14.5. The lowest BCUT2D eigenvalue weighted by atomic mass is 10.1. The molecule has 128 valence electrons. The van der Waals surface area contributed by atoms with Gasteiger partial charge < -0.3 is 9.47 Å². The fourth-order valence-corrected chi connectivity index (χ4v) is 3.34. The molecule has 0 aliphatic rings. The predicted molar refractivity (Wildman–Crippen MR) is 102 cm³/mol. The molecule has 1 heterocycles. The highest BCUT2D eigenvalue weighted by molar-refractivity contribution is 7.99. The zero-order chi connectivity index (χ0) is 17.8. The second-order valence-corrected chi connectivity index (χ2v) is 6.70. The summed E-state index contributed by atoms with van der Waals surface area (Å²) in [5.41, 5.74) is 3.08. The Kier molecular flexibility index (Phi) is 5.19. The Balaban J connectivity index is 1.70. The van der Waals surface area contributed by atoms with E-state index in [1.54, 1.807) is 11.9 Å². The number of hydrogen-bond acceptors (Lipinski definition) is 4. The summed E-state index contributed by atoms with van der Waals surface area (Å²) >= 11 is 1.40. The van der Waals surface area contributed by atoms with Crippen molar-refractivity contribution in [3.63, 3.8) is 0 Å². The number of carbonyl (C=O) groups excluding carboxylic acids is 1. The Morgan fingerprint density at radius 1 is 1.08 bits per heavy atom. The number of hydrogen-bond donors (Lipinski definition) is 0. The number of amides is 1. The number of aromatic nitrogens is 3. The van der Waals surface area contributed by atoms with Crippen LogP contribution in [0.1, 0.15) is 5.56 Å². The number of benzene rings is 2. The summed E-state index contributed by atoms with van der Waals surface area (Å²) < 4.78 is 1.93. The molecule has 0 aliphatic carbocycles. The number of anilines is 1. The largest absolute Gasteiger partial charge is 0.315 e. The van der Waals surface area contributed by atoms with Crippen molar-refractivity contribution >= 4 is 23.4 Å². The fourth-order valence-electron chi connectivity index (χ4n) is 2.52. The Bertz CT molecular complexity index is 876. The highest BCUT2D eigenvalue weighted by Crippen LogP contribution is 2.25. The van der Waals surface area contributed by atoms with Crippen molar-refractivity contribution in [2.45, 2.75) is 12.1 Å². The van der Waals surface area contributed by atoms with Gasteiger partial charge in [-0.15, -0.1) is 10.2 Å². The second-order valence-electron chi connectivity index (χ2n) is 5.76. The number of carbonyl (C=O) groups is 1. The first-order valence-corrected chi connectivity index (χ1v) is 8.96. The summed E-state index contributed by atoms with van der Waals surface area (Å²) in [5.74, 6) is 1.15. The van der Waals surface area contributed by atoms with E-state index in [-0.39, 0.29) is 5.91 Å². The van der Waals surface area contributed by atoms with Gasteiger partial charge in [0, 0.05) is 25.3 Å². The van der Waals surface area contributed by atoms with Crippen molar-refractivity contribution in [2.75, 3.05) is 17.7 Å². The minimum absolute atomic E-state index is 0.0247. The standard InChI is InChI=1S/C19H20N4OS/c1-14-9-7-8-12-16(14)18-20-21-19(23(18)3)25-13-17(24)22(2)15-10-5-4-6-11-15/h4-12H,13H2,1-3H3. The van der Waals surface area contributed by atoms with Gasteiger partial charge in [0.15, 0.2) is 11.0 Å². The molecule has 3 aromatic rings. The van der Waals surface area contributed by atoms with E-state index >= 15 is 0 Å². The van der Waals surface area contributed by atoms with E-state index in [1.807, 2.05) is 60.1 Å². The van der Waals surface area contributed by atoms with Crippen molar-refractivity contribution in [3.8, 4) is 11.4 Å². The molecule has 3 rings (SSSR count). The number of nitrogens with zero attached hydrogens (tertiary/aromatic N) is 4. The quantitative estimate of drug-likeness (QED) is 0.659. The minimum Gasteiger partial charge on any atom is -0.315 e. The van der Waals surface area contributed by atoms with Crippen LogP contribution in [0.5, 0.6) is 0 Å². The SMILES string of the molecule is Cc1ccccc1-c1nnc(SCC(=O)N(C)c2ccccc2)n1C. The van der Waals surface area contributed by atoms with Gasteiger partial charge >= 0.3 is 0 Å². The average molecular weight is 352 g/mol. The van der Waals surface area contributed by atoms with Gasteiger partial charge in [0.05, 0.1) is 5.75 Å². The predicted octanol–water partition coefficient (Wildman–Crippen LogP) is 3.55. The molecule has 0 bridgehead atoms. The summed E-state index contributed by atoms with van der Waals surface area (Å²) in [6.07, 6.45) is 0. The molecule has 0 spiro atoms. The van der Waals surface area contributed by atoms with Gasteiger partial charge in [0.2, 0.25) is 5.91 Å². The molecule has 0 radical (unpaired) electrons. The van der Waals surface area contributed by atoms with Crippen LogP contribution < -0.4 is 4.90 Å². The van der Waals surface area contributed by atoms with Crippen molar-refractivity contribution < 1.29 is 4.79 Å². The van der Waals surface area contributed by atoms with Crippen LogP contribution >= 0.6 is 11.8 Å². The molecule has 0 saturated heterocycles. The van der Waals surface area contributed by atoms with Crippen LogP contribution in [0.25, 0.3) is 11.4 Å². The molecule has 0 atom stereocenters. The third-order valence-electron chi connectivity index (χ3n) is 4.06. The molecular weight excluding hydrogens is 332 g/mol. The van der Waals surface area contributed by atoms with Crippen LogP contribution in [-0.4, -0.2) is 33.5 Å². The lowest BCUT2D eigenvalue weighted by Gasteiger charge is -2.16. The fraction of sp³-hybridized carbons (Fsp3) is 0.211. The highest BCUT2D eigenvalue weighted by Gasteiger charge is 2.16. The Labute approximate surface area is 151 Å². The van der Waals surface area contributed by atoms with Crippen LogP contribution in [-0.2, 0) is 11.8 Å². The molecule has 5 nitrogen and oxygen atoms in total. The molecular formula is C19H20N4OS. The average Bonchev–Trinajstić information content (AvgIpc) is 3.00. The van der Waals surface area contributed by atoms with E-state index in [0.29, 0.717) is 5.75 Å². The van der Waals surface area contributed by atoms with E-state index < -0.39 is 0 Å². The monoisotopic (exact) mass is 352 g/mol. The molecule has 0 N–H and O–H groups in total. The van der Waals surface area contributed by atoms with Crippen LogP contribution in [0, 0.1) is 6.92 Å². The first kappa shape index (κ1) is 17.2. The van der Waals surface area contributed by atoms with Crippen LogP contribution in [0.15, 0.2) is 59.8 Å². The third-order valence-corrected chi connectivity index (χ3v) is 5.07. The van der Waals surface area contributed by atoms with E-state index in [2.05, 4.69) is 23.2 Å². The minimum atomic E-state index is 0.0247. The molecule has 1 aromatic heterocycles. The summed E-state index contributed by atoms with van der Waals surface area (Å²) in [5, 5.41) is 9.27. The maximum Gasteiger partial charge on any atom is 0.237 e. The van der Waals surface area contributed by atoms with Crippen molar-refractivity contribution in [1.82, 2.24) is 14.8 Å². The molecule has 0 unspecified atom stereocenters. The normalized spacial score (nSPS) is 10.7. The number of aryl methyl sites for hydroxylation is 1. The van der Waals surface area contributed by atoms with E-state index in [0.717, 1.165) is 27.8 Å². The van der Waals surface area contributed by atoms with Gasteiger partial charge in [-0.3, -0.25) is 4.79 Å². The van der Waals surface area contributed by atoms with Crippen LogP contribution in [0.3, 0.4) is 0 Å². The lowest BCUT2D eigenvalue weighted by Crippen LogP contribution is -2.27. The molecule has 2 aromatic carbocycles. The topological polar surface area (TPSA) is 51.0 Å². The Morgan fingerprint density at radius 3 is 2.48 bits per heavy atom. The smallest absolute Gasteiger partial charge is 0.237 e. The third kappa shape index (κ3) is 3.74. The Hall–Kier alpha value is -2.60. The number of para-hydroxylation sites is 1. The number of rotatable bonds is 5. The van der Waals surface area contributed by atoms with E-state index in [1.165, 1.54) is 11.8 Å². The van der Waals surface area contributed by atoms with Gasteiger partial charge in [-0.05, 0) is 24.6 Å². The molecule has 0 saturated carbocycles. The molecule has 1 amide bonds. The van der Waals surface area contributed by atoms with Gasteiger partial charge in [-0.25, -0.2) is 0 Å². The summed E-state index contributed by atoms with van der Waals surface area (Å²) in [4.78, 5) is 14.1. The van der Waals surface area contributed by atoms with Gasteiger partial charge in [0.1, 0.15) is 0 Å². The Morgan fingerprint density at radius 2 is 1.76 bits per heavy atom. The maximum absolute atomic E-state index is 12.4. The maximum atomic E-state index is 12.4. The number of thioether (sulfide) groups is 1. The zero-order valence-corrected chi connectivity index (χ0v) is 15.3. The summed E-state index contributed by atoms with van der Waals surface area (Å²) in [6.45, 7) is 2.05. The van der Waals surface area contributed by atoms with Crippen LogP contribution in [0.4, 0.5) is 5.69 Å². The van der Waals surface area contributed by atoms with Crippen molar-refractivity contribution in [1.29, 1.82) is 0 Å². The van der Waals surface area contributed by atoms with E-state index in [4.69, 9.17) is 0 Å². The van der Waals surface area contributed by atoms with Gasteiger partial charge in [0.25, 0.3) is 0 Å². The molecule has 25 heavy (non-hydrogen) atoms. The van der Waals surface area contributed by atoms with Crippen molar-refractivity contribution in [2.24, 2.45) is 7.05 Å². The second kappa shape index (κ2) is 7.53. The van der Waals surface area contributed by atoms with E-state index in [9.17, 15) is 4.79 Å². The molecule has 6 heteroatoms.